The lowest BCUT2D eigenvalue weighted by Crippen LogP contribution is -2.33. The number of unbranched alkanes of at least 4 members (excludes halogenated alkanes) is 1. The predicted octanol–water partition coefficient (Wildman–Crippen LogP) is 4.76. The Labute approximate surface area is 184 Å². The number of carbonyl (C=O) groups excluding carboxylic acids is 2. The number of fused-ring (bicyclic) bond motifs is 1. The summed E-state index contributed by atoms with van der Waals surface area (Å²) in [6.07, 6.45) is 4.79. The van der Waals surface area contributed by atoms with E-state index in [0.717, 1.165) is 49.4 Å². The SMILES string of the molecule is C=CCN(C)CCCCOc1ccc2c(c1)CCN2C(=O)Nc1ccc(C(C)=O)cc1. The summed E-state index contributed by atoms with van der Waals surface area (Å²) >= 11 is 0. The Morgan fingerprint density at radius 3 is 2.68 bits per heavy atom. The molecule has 3 rings (SSSR count). The molecule has 6 heteroatoms. The van der Waals surface area contributed by atoms with Crippen LogP contribution in [0.4, 0.5) is 16.2 Å². The molecule has 0 saturated heterocycles. The molecule has 0 spiro atoms. The number of nitrogens with one attached hydrogen (secondary N) is 1. The van der Waals surface area contributed by atoms with E-state index in [4.69, 9.17) is 4.74 Å². The number of urea groups is 1. The van der Waals surface area contributed by atoms with Gasteiger partial charge >= 0.3 is 6.03 Å². The molecule has 2 aromatic rings. The molecule has 0 saturated carbocycles. The van der Waals surface area contributed by atoms with Crippen LogP contribution >= 0.6 is 0 Å². The molecule has 1 aliphatic heterocycles. The van der Waals surface area contributed by atoms with Gasteiger partial charge in [0.05, 0.1) is 6.61 Å². The van der Waals surface area contributed by atoms with E-state index in [2.05, 4.69) is 23.8 Å². The van der Waals surface area contributed by atoms with E-state index in [1.165, 1.54) is 6.92 Å². The monoisotopic (exact) mass is 421 g/mol. The molecule has 1 heterocycles. The molecule has 0 atom stereocenters. The molecule has 2 amide bonds. The van der Waals surface area contributed by atoms with Crippen molar-refractivity contribution in [2.24, 2.45) is 0 Å². The summed E-state index contributed by atoms with van der Waals surface area (Å²) in [5.41, 5.74) is 3.32. The predicted molar refractivity (Wildman–Crippen MR) is 125 cm³/mol. The molecule has 2 aromatic carbocycles. The molecular weight excluding hydrogens is 390 g/mol. The van der Waals surface area contributed by atoms with Crippen molar-refractivity contribution in [2.45, 2.75) is 26.2 Å². The lowest BCUT2D eigenvalue weighted by atomic mass is 10.1. The number of ether oxygens (including phenoxy) is 1. The van der Waals surface area contributed by atoms with E-state index in [0.29, 0.717) is 24.4 Å². The van der Waals surface area contributed by atoms with Crippen LogP contribution in [0, 0.1) is 0 Å². The number of rotatable bonds is 10. The quantitative estimate of drug-likeness (QED) is 0.341. The molecule has 1 aliphatic rings. The van der Waals surface area contributed by atoms with Gasteiger partial charge in [-0.05, 0) is 87.8 Å². The first-order valence-corrected chi connectivity index (χ1v) is 10.7. The summed E-state index contributed by atoms with van der Waals surface area (Å²) in [6.45, 7) is 8.52. The van der Waals surface area contributed by atoms with Gasteiger partial charge in [-0.3, -0.25) is 9.69 Å². The molecule has 6 nitrogen and oxygen atoms in total. The zero-order valence-corrected chi connectivity index (χ0v) is 18.4. The van der Waals surface area contributed by atoms with Crippen LogP contribution in [0.25, 0.3) is 0 Å². The Kier molecular flexibility index (Phi) is 7.84. The van der Waals surface area contributed by atoms with Crippen LogP contribution in [0.15, 0.2) is 55.1 Å². The fourth-order valence-electron chi connectivity index (χ4n) is 3.64. The molecule has 0 unspecified atom stereocenters. The molecule has 31 heavy (non-hydrogen) atoms. The van der Waals surface area contributed by atoms with Crippen LogP contribution in [0.5, 0.6) is 5.75 Å². The lowest BCUT2D eigenvalue weighted by Gasteiger charge is -2.18. The first-order chi connectivity index (χ1) is 15.0. The van der Waals surface area contributed by atoms with Crippen molar-refractivity contribution in [2.75, 3.05) is 43.5 Å². The molecule has 1 N–H and O–H groups in total. The van der Waals surface area contributed by atoms with Crippen molar-refractivity contribution in [3.8, 4) is 5.75 Å². The third-order valence-electron chi connectivity index (χ3n) is 5.38. The smallest absolute Gasteiger partial charge is 0.326 e. The molecule has 0 bridgehead atoms. The van der Waals surface area contributed by atoms with E-state index in [1.807, 2.05) is 24.3 Å². The maximum Gasteiger partial charge on any atom is 0.326 e. The minimum Gasteiger partial charge on any atom is -0.494 e. The molecular formula is C25H31N3O3. The van der Waals surface area contributed by atoms with E-state index in [9.17, 15) is 9.59 Å². The van der Waals surface area contributed by atoms with Crippen LogP contribution in [0.2, 0.25) is 0 Å². The molecule has 0 aromatic heterocycles. The Morgan fingerprint density at radius 1 is 1.19 bits per heavy atom. The number of Topliss-reactive ketones (excluding diaryl/α,β-unsaturated/α-hetero) is 1. The van der Waals surface area contributed by atoms with Crippen LogP contribution in [0.1, 0.15) is 35.7 Å². The van der Waals surface area contributed by atoms with Crippen LogP contribution < -0.4 is 15.0 Å². The third kappa shape index (κ3) is 6.18. The van der Waals surface area contributed by atoms with Gasteiger partial charge in [0.2, 0.25) is 0 Å². The zero-order chi connectivity index (χ0) is 22.2. The minimum absolute atomic E-state index is 0.00407. The lowest BCUT2D eigenvalue weighted by molar-refractivity contribution is 0.101. The van der Waals surface area contributed by atoms with Crippen LogP contribution in [0.3, 0.4) is 0 Å². The molecule has 0 fully saturated rings. The van der Waals surface area contributed by atoms with Gasteiger partial charge in [-0.1, -0.05) is 6.08 Å². The highest BCUT2D eigenvalue weighted by Crippen LogP contribution is 2.32. The number of hydrogen-bond acceptors (Lipinski definition) is 4. The van der Waals surface area contributed by atoms with Crippen molar-refractivity contribution < 1.29 is 14.3 Å². The fourth-order valence-corrected chi connectivity index (χ4v) is 3.64. The number of carbonyl (C=O) groups is 2. The van der Waals surface area contributed by atoms with Crippen LogP contribution in [-0.4, -0.2) is 50.0 Å². The fraction of sp³-hybridized carbons (Fsp3) is 0.360. The topological polar surface area (TPSA) is 61.9 Å². The number of anilines is 2. The van der Waals surface area contributed by atoms with Crippen molar-refractivity contribution in [1.82, 2.24) is 4.90 Å². The highest BCUT2D eigenvalue weighted by atomic mass is 16.5. The Balaban J connectivity index is 1.50. The second-order valence-electron chi connectivity index (χ2n) is 7.86. The van der Waals surface area contributed by atoms with Gasteiger partial charge < -0.3 is 15.0 Å². The van der Waals surface area contributed by atoms with Crippen molar-refractivity contribution in [3.05, 3.63) is 66.2 Å². The average Bonchev–Trinajstić information content (AvgIpc) is 3.17. The number of hydrogen-bond donors (Lipinski definition) is 1. The number of benzene rings is 2. The Hall–Kier alpha value is -3.12. The van der Waals surface area contributed by atoms with Gasteiger partial charge in [-0.15, -0.1) is 6.58 Å². The summed E-state index contributed by atoms with van der Waals surface area (Å²) < 4.78 is 5.91. The van der Waals surface area contributed by atoms with Crippen molar-refractivity contribution in [1.29, 1.82) is 0 Å². The summed E-state index contributed by atoms with van der Waals surface area (Å²) in [4.78, 5) is 28.1. The first kappa shape index (κ1) is 22.6. The van der Waals surface area contributed by atoms with E-state index < -0.39 is 0 Å². The van der Waals surface area contributed by atoms with E-state index in [1.54, 1.807) is 29.2 Å². The van der Waals surface area contributed by atoms with Gasteiger partial charge in [0.1, 0.15) is 5.75 Å². The third-order valence-corrected chi connectivity index (χ3v) is 5.38. The number of likely N-dealkylation sites (N-methyl/N-ethyl adjacent to an activating group) is 1. The average molecular weight is 422 g/mol. The van der Waals surface area contributed by atoms with Gasteiger partial charge in [0.25, 0.3) is 0 Å². The largest absolute Gasteiger partial charge is 0.494 e. The van der Waals surface area contributed by atoms with Crippen molar-refractivity contribution in [3.63, 3.8) is 0 Å². The second-order valence-corrected chi connectivity index (χ2v) is 7.86. The van der Waals surface area contributed by atoms with E-state index in [-0.39, 0.29) is 11.8 Å². The minimum atomic E-state index is -0.174. The number of ketones is 1. The summed E-state index contributed by atoms with van der Waals surface area (Å²) in [7, 11) is 2.09. The maximum absolute atomic E-state index is 12.7. The van der Waals surface area contributed by atoms with Gasteiger partial charge in [0, 0.05) is 30.0 Å². The summed E-state index contributed by atoms with van der Waals surface area (Å²) in [5, 5.41) is 2.91. The standard InChI is InChI=1S/C25H31N3O3/c1-4-14-27(3)15-5-6-17-31-23-11-12-24-21(18-23)13-16-28(24)25(30)26-22-9-7-20(8-10-22)19(2)29/h4,7-12,18H,1,5-6,13-17H2,2-3H3,(H,26,30). The normalized spacial score (nSPS) is 12.5. The molecule has 0 aliphatic carbocycles. The highest BCUT2D eigenvalue weighted by Gasteiger charge is 2.25. The second kappa shape index (κ2) is 10.8. The maximum atomic E-state index is 12.7. The summed E-state index contributed by atoms with van der Waals surface area (Å²) in [6, 6.07) is 12.7. The zero-order valence-electron chi connectivity index (χ0n) is 18.4. The molecule has 0 radical (unpaired) electrons. The first-order valence-electron chi connectivity index (χ1n) is 10.7. The Morgan fingerprint density at radius 2 is 1.97 bits per heavy atom. The van der Waals surface area contributed by atoms with Crippen molar-refractivity contribution >= 4 is 23.2 Å². The van der Waals surface area contributed by atoms with Crippen LogP contribution in [-0.2, 0) is 6.42 Å². The highest BCUT2D eigenvalue weighted by molar-refractivity contribution is 6.03. The van der Waals surface area contributed by atoms with Gasteiger partial charge in [0.15, 0.2) is 5.78 Å². The van der Waals surface area contributed by atoms with E-state index >= 15 is 0 Å². The number of amides is 2. The molecule has 164 valence electrons. The summed E-state index contributed by atoms with van der Waals surface area (Å²) in [5.74, 6) is 0.852. The van der Waals surface area contributed by atoms with Gasteiger partial charge in [-0.25, -0.2) is 4.79 Å². The number of nitrogens with zero attached hydrogens (tertiary/aromatic N) is 2. The van der Waals surface area contributed by atoms with Gasteiger partial charge in [-0.2, -0.15) is 0 Å². The Bertz CT molecular complexity index is 924.